The summed E-state index contributed by atoms with van der Waals surface area (Å²) < 4.78 is 30.5. The number of benzene rings is 1. The van der Waals surface area contributed by atoms with Crippen molar-refractivity contribution in [2.45, 2.75) is 39.3 Å². The third-order valence-electron chi connectivity index (χ3n) is 5.19. The van der Waals surface area contributed by atoms with E-state index in [9.17, 15) is 9.18 Å². The first-order valence-electron chi connectivity index (χ1n) is 11.2. The van der Waals surface area contributed by atoms with Gasteiger partial charge < -0.3 is 30.0 Å². The van der Waals surface area contributed by atoms with Crippen molar-refractivity contribution in [1.82, 2.24) is 19.9 Å². The number of aromatic nitrogens is 3. The van der Waals surface area contributed by atoms with Gasteiger partial charge in [0.25, 0.3) is 0 Å². The average molecular weight is 479 g/mol. The molecule has 0 atom stereocenters. The molecule has 34 heavy (non-hydrogen) atoms. The molecule has 186 valence electrons. The van der Waals surface area contributed by atoms with Crippen molar-refractivity contribution in [3.8, 4) is 17.5 Å². The number of carboxylic acids is 1. The Kier molecular flexibility index (Phi) is 9.02. The maximum Gasteiger partial charge on any atom is 0.322 e. The van der Waals surface area contributed by atoms with Crippen molar-refractivity contribution >= 4 is 17.9 Å². The van der Waals surface area contributed by atoms with E-state index >= 15 is 0 Å². The summed E-state index contributed by atoms with van der Waals surface area (Å²) in [7, 11) is 1.43. The van der Waals surface area contributed by atoms with E-state index in [1.807, 2.05) is 13.8 Å². The van der Waals surface area contributed by atoms with Gasteiger partial charge in [0.2, 0.25) is 17.7 Å². The molecule has 0 radical (unpaired) electrons. The highest BCUT2D eigenvalue weighted by atomic mass is 19.1. The van der Waals surface area contributed by atoms with Crippen LogP contribution < -0.4 is 24.8 Å². The number of aliphatic carboxylic acids is 1. The lowest BCUT2D eigenvalue weighted by Gasteiger charge is -2.32. The SMILES string of the molecule is CCOc1cc(CN2CCC(Nc3nc(NCC(=O)O)nc(OC)n3)CC2)cc(OCC)c1F. The zero-order valence-electron chi connectivity index (χ0n) is 19.6. The molecular weight excluding hydrogens is 447 g/mol. The lowest BCUT2D eigenvalue weighted by molar-refractivity contribution is -0.134. The molecule has 1 aromatic carbocycles. The zero-order valence-corrected chi connectivity index (χ0v) is 19.6. The van der Waals surface area contributed by atoms with Gasteiger partial charge in [-0.25, -0.2) is 0 Å². The highest BCUT2D eigenvalue weighted by Crippen LogP contribution is 2.30. The molecule has 0 unspecified atom stereocenters. The lowest BCUT2D eigenvalue weighted by atomic mass is 10.0. The molecule has 0 bridgehead atoms. The number of likely N-dealkylation sites (tertiary alicyclic amines) is 1. The largest absolute Gasteiger partial charge is 0.491 e. The van der Waals surface area contributed by atoms with E-state index in [-0.39, 0.29) is 36.0 Å². The molecule has 1 aliphatic heterocycles. The van der Waals surface area contributed by atoms with E-state index < -0.39 is 11.8 Å². The fourth-order valence-corrected chi connectivity index (χ4v) is 3.66. The van der Waals surface area contributed by atoms with Crippen molar-refractivity contribution in [2.24, 2.45) is 0 Å². The number of anilines is 2. The van der Waals surface area contributed by atoms with E-state index in [4.69, 9.17) is 19.3 Å². The molecule has 3 rings (SSSR count). The van der Waals surface area contributed by atoms with Crippen molar-refractivity contribution in [2.75, 3.05) is 50.6 Å². The van der Waals surface area contributed by atoms with Gasteiger partial charge in [0, 0.05) is 25.7 Å². The predicted molar refractivity (Wildman–Crippen MR) is 123 cm³/mol. The van der Waals surface area contributed by atoms with Crippen LogP contribution in [0.1, 0.15) is 32.3 Å². The highest BCUT2D eigenvalue weighted by Gasteiger charge is 2.22. The lowest BCUT2D eigenvalue weighted by Crippen LogP contribution is -2.39. The zero-order chi connectivity index (χ0) is 24.5. The van der Waals surface area contributed by atoms with Gasteiger partial charge in [-0.1, -0.05) is 0 Å². The van der Waals surface area contributed by atoms with Crippen molar-refractivity contribution < 1.29 is 28.5 Å². The molecule has 0 spiro atoms. The number of hydrogen-bond donors (Lipinski definition) is 3. The minimum absolute atomic E-state index is 0.0920. The average Bonchev–Trinajstić information content (AvgIpc) is 2.82. The molecule has 0 aliphatic carbocycles. The molecule has 0 amide bonds. The van der Waals surface area contributed by atoms with E-state index in [1.54, 1.807) is 12.1 Å². The molecule has 2 aromatic rings. The second kappa shape index (κ2) is 12.2. The Balaban J connectivity index is 1.59. The third kappa shape index (κ3) is 7.04. The second-order valence-corrected chi connectivity index (χ2v) is 7.68. The van der Waals surface area contributed by atoms with Crippen LogP contribution in [0.25, 0.3) is 0 Å². The van der Waals surface area contributed by atoms with Crippen LogP contribution in [-0.4, -0.2) is 76.9 Å². The predicted octanol–water partition coefficient (Wildman–Crippen LogP) is 2.39. The van der Waals surface area contributed by atoms with Crippen molar-refractivity contribution in [3.63, 3.8) is 0 Å². The third-order valence-corrected chi connectivity index (χ3v) is 5.19. The summed E-state index contributed by atoms with van der Waals surface area (Å²) in [5.41, 5.74) is 0.927. The number of ether oxygens (including phenoxy) is 3. The molecule has 1 saturated heterocycles. The Morgan fingerprint density at radius 3 is 2.29 bits per heavy atom. The molecule has 1 aromatic heterocycles. The first-order valence-corrected chi connectivity index (χ1v) is 11.2. The number of nitrogens with zero attached hydrogens (tertiary/aromatic N) is 4. The summed E-state index contributed by atoms with van der Waals surface area (Å²) in [5, 5.41) is 14.7. The maximum atomic E-state index is 14.5. The molecule has 11 nitrogen and oxygen atoms in total. The van der Waals surface area contributed by atoms with Gasteiger partial charge in [-0.2, -0.15) is 19.3 Å². The van der Waals surface area contributed by atoms with Gasteiger partial charge >= 0.3 is 12.0 Å². The van der Waals surface area contributed by atoms with Crippen LogP contribution in [0.2, 0.25) is 0 Å². The van der Waals surface area contributed by atoms with Crippen LogP contribution in [-0.2, 0) is 11.3 Å². The molecule has 2 heterocycles. The maximum absolute atomic E-state index is 14.5. The quantitative estimate of drug-likeness (QED) is 0.415. The summed E-state index contributed by atoms with van der Waals surface area (Å²) in [6.45, 7) is 6.34. The van der Waals surface area contributed by atoms with Gasteiger partial charge in [0.1, 0.15) is 6.54 Å². The Labute approximate surface area is 197 Å². The molecule has 3 N–H and O–H groups in total. The van der Waals surface area contributed by atoms with E-state index in [1.165, 1.54) is 7.11 Å². The molecular formula is C22H31FN6O5. The fraction of sp³-hybridized carbons (Fsp3) is 0.545. The Morgan fingerprint density at radius 2 is 1.74 bits per heavy atom. The van der Waals surface area contributed by atoms with Gasteiger partial charge in [-0.05, 0) is 44.4 Å². The molecule has 0 saturated carbocycles. The first kappa shape index (κ1) is 25.2. The van der Waals surface area contributed by atoms with Gasteiger partial charge in [-0.3, -0.25) is 9.69 Å². The van der Waals surface area contributed by atoms with E-state index in [2.05, 4.69) is 30.5 Å². The van der Waals surface area contributed by atoms with Crippen LogP contribution in [0.3, 0.4) is 0 Å². The fourth-order valence-electron chi connectivity index (χ4n) is 3.66. The van der Waals surface area contributed by atoms with Gasteiger partial charge in [0.15, 0.2) is 11.5 Å². The summed E-state index contributed by atoms with van der Waals surface area (Å²) in [6, 6.07) is 3.68. The van der Waals surface area contributed by atoms with Crippen LogP contribution in [0, 0.1) is 5.82 Å². The standard InChI is InChI=1S/C22H31FN6O5/c1-4-33-16-10-14(11-17(19(16)23)34-5-2)13-29-8-6-15(7-9-29)25-21-26-20(24-12-18(30)31)27-22(28-21)32-3/h10-11,15H,4-9,12-13H2,1-3H3,(H,30,31)(H2,24,25,26,27,28). The molecule has 1 fully saturated rings. The smallest absolute Gasteiger partial charge is 0.322 e. The Hall–Kier alpha value is -3.41. The normalized spacial score (nSPS) is 14.5. The number of nitrogens with one attached hydrogen (secondary N) is 2. The Morgan fingerprint density at radius 1 is 1.12 bits per heavy atom. The number of piperidine rings is 1. The summed E-state index contributed by atoms with van der Waals surface area (Å²) >= 11 is 0. The van der Waals surface area contributed by atoms with Gasteiger partial charge in [0.05, 0.1) is 20.3 Å². The minimum Gasteiger partial charge on any atom is -0.491 e. The topological polar surface area (TPSA) is 131 Å². The van der Waals surface area contributed by atoms with E-state index in [0.717, 1.165) is 31.5 Å². The monoisotopic (exact) mass is 478 g/mol. The Bertz CT molecular complexity index is 944. The first-order chi connectivity index (χ1) is 16.4. The van der Waals surface area contributed by atoms with Crippen molar-refractivity contribution in [1.29, 1.82) is 0 Å². The molecule has 12 heteroatoms. The van der Waals surface area contributed by atoms with Crippen LogP contribution in [0.15, 0.2) is 12.1 Å². The van der Waals surface area contributed by atoms with Crippen LogP contribution >= 0.6 is 0 Å². The number of halogens is 1. The minimum atomic E-state index is -1.02. The summed E-state index contributed by atoms with van der Waals surface area (Å²) in [5.74, 6) is -0.642. The second-order valence-electron chi connectivity index (χ2n) is 7.68. The van der Waals surface area contributed by atoms with Crippen molar-refractivity contribution in [3.05, 3.63) is 23.5 Å². The number of rotatable bonds is 12. The number of hydrogen-bond acceptors (Lipinski definition) is 10. The number of carboxylic acid groups (broad SMARTS) is 1. The van der Waals surface area contributed by atoms with Crippen LogP contribution in [0.4, 0.5) is 16.3 Å². The van der Waals surface area contributed by atoms with Crippen LogP contribution in [0.5, 0.6) is 17.5 Å². The number of methoxy groups -OCH3 is 1. The summed E-state index contributed by atoms with van der Waals surface area (Å²) in [4.78, 5) is 25.5. The number of carbonyl (C=O) groups is 1. The van der Waals surface area contributed by atoms with E-state index in [0.29, 0.717) is 25.7 Å². The highest BCUT2D eigenvalue weighted by molar-refractivity contribution is 5.71. The molecule has 1 aliphatic rings. The van der Waals surface area contributed by atoms with Gasteiger partial charge in [-0.15, -0.1) is 0 Å². The summed E-state index contributed by atoms with van der Waals surface area (Å²) in [6.07, 6.45) is 1.67.